The molecule has 0 fully saturated rings. The van der Waals surface area contributed by atoms with Gasteiger partial charge >= 0.3 is 0 Å². The van der Waals surface area contributed by atoms with Gasteiger partial charge < -0.3 is 5.32 Å². The van der Waals surface area contributed by atoms with Crippen LogP contribution in [0.25, 0.3) is 10.8 Å². The van der Waals surface area contributed by atoms with Gasteiger partial charge in [-0.3, -0.25) is 4.79 Å². The van der Waals surface area contributed by atoms with E-state index >= 15 is 0 Å². The number of fused-ring (bicyclic) bond motifs is 1. The minimum atomic E-state index is 0.00656. The normalized spacial score (nSPS) is 12.0. The van der Waals surface area contributed by atoms with Crippen molar-refractivity contribution < 1.29 is 0 Å². The Labute approximate surface area is 124 Å². The number of anilines is 1. The summed E-state index contributed by atoms with van der Waals surface area (Å²) in [6, 6.07) is 23.5. The highest BCUT2D eigenvalue weighted by atomic mass is 16.1. The van der Waals surface area contributed by atoms with Gasteiger partial charge in [0.2, 0.25) is 5.43 Å². The van der Waals surface area contributed by atoms with Crippen molar-refractivity contribution in [3.63, 3.8) is 0 Å². The summed E-state index contributed by atoms with van der Waals surface area (Å²) in [5.74, 6) is 0. The lowest BCUT2D eigenvalue weighted by molar-refractivity contribution is 0.893. The first-order valence-electron chi connectivity index (χ1n) is 7.09. The molecule has 0 amide bonds. The lowest BCUT2D eigenvalue weighted by atomic mass is 9.99. The van der Waals surface area contributed by atoms with Gasteiger partial charge in [0.1, 0.15) is 0 Å². The molecule has 0 bridgehead atoms. The molecule has 3 aromatic rings. The molecular formula is C19H17NO. The average molecular weight is 275 g/mol. The van der Waals surface area contributed by atoms with E-state index in [0.717, 1.165) is 0 Å². The Morgan fingerprint density at radius 1 is 0.810 bits per heavy atom. The predicted molar refractivity (Wildman–Crippen MR) is 88.7 cm³/mol. The summed E-state index contributed by atoms with van der Waals surface area (Å²) in [4.78, 5) is 12.0. The van der Waals surface area contributed by atoms with Crippen LogP contribution >= 0.6 is 0 Å². The van der Waals surface area contributed by atoms with Crippen LogP contribution in [0.2, 0.25) is 0 Å². The Morgan fingerprint density at radius 2 is 1.52 bits per heavy atom. The molecule has 1 atom stereocenters. The summed E-state index contributed by atoms with van der Waals surface area (Å²) in [5, 5.41) is 5.75. The third-order valence-electron chi connectivity index (χ3n) is 3.66. The monoisotopic (exact) mass is 275 g/mol. The maximum Gasteiger partial charge on any atom is 0.201 e. The standard InChI is InChI=1S/C19H17NO/c1-14(20-18-12-3-2-4-13-19(18)21)16-11-7-9-15-8-5-6-10-17(15)16/h2-14H,1H3,(H,20,21)/t14-/m1/s1. The van der Waals surface area contributed by atoms with Gasteiger partial charge in [-0.1, -0.05) is 60.7 Å². The van der Waals surface area contributed by atoms with Gasteiger partial charge in [-0.05, 0) is 35.4 Å². The lowest BCUT2D eigenvalue weighted by Gasteiger charge is -2.17. The molecule has 0 aliphatic heterocycles. The predicted octanol–water partition coefficient (Wildman–Crippen LogP) is 4.37. The summed E-state index contributed by atoms with van der Waals surface area (Å²) in [6.45, 7) is 2.08. The molecule has 0 spiro atoms. The highest BCUT2D eigenvalue weighted by Crippen LogP contribution is 2.25. The van der Waals surface area contributed by atoms with Gasteiger partial charge in [0, 0.05) is 6.04 Å². The molecule has 0 saturated heterocycles. The maximum atomic E-state index is 12.0. The van der Waals surface area contributed by atoms with Crippen molar-refractivity contribution in [3.8, 4) is 0 Å². The van der Waals surface area contributed by atoms with E-state index in [1.807, 2.05) is 30.3 Å². The van der Waals surface area contributed by atoms with Crippen LogP contribution in [0.4, 0.5) is 5.69 Å². The number of benzene rings is 2. The van der Waals surface area contributed by atoms with E-state index in [1.165, 1.54) is 16.3 Å². The zero-order valence-electron chi connectivity index (χ0n) is 11.9. The van der Waals surface area contributed by atoms with Crippen LogP contribution in [0.1, 0.15) is 18.5 Å². The van der Waals surface area contributed by atoms with E-state index in [9.17, 15) is 4.79 Å². The third kappa shape index (κ3) is 2.79. The Hall–Kier alpha value is -2.61. The smallest absolute Gasteiger partial charge is 0.201 e. The number of hydrogen-bond acceptors (Lipinski definition) is 2. The first-order valence-corrected chi connectivity index (χ1v) is 7.09. The minimum Gasteiger partial charge on any atom is -0.375 e. The number of nitrogens with one attached hydrogen (secondary N) is 1. The van der Waals surface area contributed by atoms with Crippen molar-refractivity contribution in [1.82, 2.24) is 0 Å². The first kappa shape index (κ1) is 13.4. The van der Waals surface area contributed by atoms with E-state index in [0.29, 0.717) is 5.69 Å². The molecule has 0 unspecified atom stereocenters. The Balaban J connectivity index is 2.00. The van der Waals surface area contributed by atoms with Crippen molar-refractivity contribution in [2.45, 2.75) is 13.0 Å². The Kier molecular flexibility index (Phi) is 3.69. The molecule has 0 aliphatic carbocycles. The van der Waals surface area contributed by atoms with Crippen LogP contribution < -0.4 is 10.7 Å². The van der Waals surface area contributed by atoms with E-state index < -0.39 is 0 Å². The van der Waals surface area contributed by atoms with Crippen LogP contribution in [0.15, 0.2) is 77.6 Å². The molecule has 3 rings (SSSR count). The lowest BCUT2D eigenvalue weighted by Crippen LogP contribution is -2.13. The fourth-order valence-electron chi connectivity index (χ4n) is 2.59. The summed E-state index contributed by atoms with van der Waals surface area (Å²) < 4.78 is 0. The zero-order valence-corrected chi connectivity index (χ0v) is 11.9. The van der Waals surface area contributed by atoms with Crippen molar-refractivity contribution in [1.29, 1.82) is 0 Å². The van der Waals surface area contributed by atoms with Crippen molar-refractivity contribution in [2.24, 2.45) is 0 Å². The second kappa shape index (κ2) is 5.80. The molecule has 0 saturated carbocycles. The van der Waals surface area contributed by atoms with Gasteiger partial charge in [-0.15, -0.1) is 0 Å². The Morgan fingerprint density at radius 3 is 2.43 bits per heavy atom. The van der Waals surface area contributed by atoms with Crippen molar-refractivity contribution in [2.75, 3.05) is 5.32 Å². The van der Waals surface area contributed by atoms with Crippen LogP contribution in [0.3, 0.4) is 0 Å². The molecule has 0 heterocycles. The van der Waals surface area contributed by atoms with Gasteiger partial charge in [-0.2, -0.15) is 0 Å². The highest BCUT2D eigenvalue weighted by Gasteiger charge is 2.09. The van der Waals surface area contributed by atoms with Crippen LogP contribution in [0, 0.1) is 0 Å². The summed E-state index contributed by atoms with van der Waals surface area (Å²) >= 11 is 0. The maximum absolute atomic E-state index is 12.0. The Bertz CT molecular complexity index is 821. The summed E-state index contributed by atoms with van der Waals surface area (Å²) in [7, 11) is 0. The summed E-state index contributed by atoms with van der Waals surface area (Å²) in [5.41, 5.74) is 1.83. The van der Waals surface area contributed by atoms with E-state index in [4.69, 9.17) is 0 Å². The van der Waals surface area contributed by atoms with Crippen LogP contribution in [-0.4, -0.2) is 0 Å². The van der Waals surface area contributed by atoms with E-state index in [2.05, 4.69) is 42.6 Å². The summed E-state index contributed by atoms with van der Waals surface area (Å²) in [6.07, 6.45) is 0. The highest BCUT2D eigenvalue weighted by molar-refractivity contribution is 5.86. The molecule has 1 N–H and O–H groups in total. The number of hydrogen-bond donors (Lipinski definition) is 1. The molecule has 104 valence electrons. The van der Waals surface area contributed by atoms with E-state index in [1.54, 1.807) is 12.1 Å². The minimum absolute atomic E-state index is 0.00656. The topological polar surface area (TPSA) is 29.1 Å². The number of rotatable bonds is 3. The largest absolute Gasteiger partial charge is 0.375 e. The van der Waals surface area contributed by atoms with E-state index in [-0.39, 0.29) is 11.5 Å². The third-order valence-corrected chi connectivity index (χ3v) is 3.66. The molecular weight excluding hydrogens is 258 g/mol. The zero-order chi connectivity index (χ0) is 14.7. The molecule has 0 aliphatic rings. The quantitative estimate of drug-likeness (QED) is 0.769. The molecule has 21 heavy (non-hydrogen) atoms. The van der Waals surface area contributed by atoms with Crippen LogP contribution in [-0.2, 0) is 0 Å². The van der Waals surface area contributed by atoms with Gasteiger partial charge in [0.05, 0.1) is 5.69 Å². The fourth-order valence-corrected chi connectivity index (χ4v) is 2.59. The van der Waals surface area contributed by atoms with Crippen molar-refractivity contribution >= 4 is 16.5 Å². The second-order valence-corrected chi connectivity index (χ2v) is 5.12. The molecule has 0 aromatic heterocycles. The van der Waals surface area contributed by atoms with Gasteiger partial charge in [0.25, 0.3) is 0 Å². The van der Waals surface area contributed by atoms with Gasteiger partial charge in [-0.25, -0.2) is 0 Å². The molecule has 0 radical (unpaired) electrons. The fraction of sp³-hybridized carbons (Fsp3) is 0.105. The molecule has 3 aromatic carbocycles. The van der Waals surface area contributed by atoms with Gasteiger partial charge in [0.15, 0.2) is 0 Å². The first-order chi connectivity index (χ1) is 10.3. The molecule has 2 heteroatoms. The average Bonchev–Trinajstić information content (AvgIpc) is 2.71. The van der Waals surface area contributed by atoms with Crippen LogP contribution in [0.5, 0.6) is 0 Å². The SMILES string of the molecule is C[C@@H](Nc1cccccc1=O)c1cccc2ccccc12. The van der Waals surface area contributed by atoms with Crippen molar-refractivity contribution in [3.05, 3.63) is 88.6 Å². The second-order valence-electron chi connectivity index (χ2n) is 5.12. The molecule has 2 nitrogen and oxygen atoms in total.